The Labute approximate surface area is 136 Å². The molecule has 1 aliphatic rings. The van der Waals surface area contributed by atoms with Crippen LogP contribution in [0.1, 0.15) is 11.3 Å². The van der Waals surface area contributed by atoms with Crippen LogP contribution < -0.4 is 4.90 Å². The molecule has 0 bridgehead atoms. The second-order valence-electron chi connectivity index (χ2n) is 4.47. The first kappa shape index (κ1) is 14.4. The summed E-state index contributed by atoms with van der Waals surface area (Å²) in [5.41, 5.74) is 1.63. The number of thiocarbonyl (C=S) groups is 1. The molecule has 0 saturated carbocycles. The first-order chi connectivity index (χ1) is 10.1. The van der Waals surface area contributed by atoms with E-state index in [2.05, 4.69) is 0 Å². The predicted molar refractivity (Wildman–Crippen MR) is 90.5 cm³/mol. The molecule has 21 heavy (non-hydrogen) atoms. The standard InChI is InChI=1S/C15H10ClNO2S2/c1-9-4-5-10(7-12(9)16)17-14(18)13(21-15(17)20)8-11-3-2-6-19-11/h2-8H,1H3. The second kappa shape index (κ2) is 5.67. The third-order valence-electron chi connectivity index (χ3n) is 3.02. The van der Waals surface area contributed by atoms with Crippen LogP contribution in [0, 0.1) is 6.92 Å². The van der Waals surface area contributed by atoms with Crippen molar-refractivity contribution in [1.82, 2.24) is 0 Å². The fraction of sp³-hybridized carbons (Fsp3) is 0.0667. The Kier molecular flexibility index (Phi) is 3.89. The number of benzene rings is 1. The summed E-state index contributed by atoms with van der Waals surface area (Å²) in [6, 6.07) is 9.01. The van der Waals surface area contributed by atoms with Gasteiger partial charge in [-0.05, 0) is 36.8 Å². The monoisotopic (exact) mass is 335 g/mol. The van der Waals surface area contributed by atoms with Gasteiger partial charge in [0.15, 0.2) is 4.32 Å². The Bertz CT molecular complexity index is 753. The summed E-state index contributed by atoms with van der Waals surface area (Å²) in [6.07, 6.45) is 3.25. The molecule has 1 aromatic heterocycles. The topological polar surface area (TPSA) is 33.5 Å². The molecule has 1 aromatic carbocycles. The summed E-state index contributed by atoms with van der Waals surface area (Å²) in [6.45, 7) is 1.91. The Morgan fingerprint density at radius 2 is 2.19 bits per heavy atom. The van der Waals surface area contributed by atoms with Gasteiger partial charge in [-0.2, -0.15) is 0 Å². The van der Waals surface area contributed by atoms with Gasteiger partial charge in [0.25, 0.3) is 5.91 Å². The minimum atomic E-state index is -0.165. The van der Waals surface area contributed by atoms with Gasteiger partial charge in [-0.3, -0.25) is 9.69 Å². The molecular formula is C15H10ClNO2S2. The highest BCUT2D eigenvalue weighted by molar-refractivity contribution is 8.27. The lowest BCUT2D eigenvalue weighted by molar-refractivity contribution is -0.113. The third-order valence-corrected chi connectivity index (χ3v) is 4.73. The summed E-state index contributed by atoms with van der Waals surface area (Å²) in [4.78, 5) is 14.5. The van der Waals surface area contributed by atoms with Crippen LogP contribution in [0.15, 0.2) is 45.9 Å². The lowest BCUT2D eigenvalue weighted by Gasteiger charge is -2.15. The van der Waals surface area contributed by atoms with Crippen LogP contribution >= 0.6 is 35.6 Å². The number of hydrogen-bond acceptors (Lipinski definition) is 4. The Morgan fingerprint density at radius 3 is 2.86 bits per heavy atom. The van der Waals surface area contributed by atoms with E-state index in [9.17, 15) is 4.79 Å². The summed E-state index contributed by atoms with van der Waals surface area (Å²) in [7, 11) is 0. The van der Waals surface area contributed by atoms with Crippen LogP contribution in [0.4, 0.5) is 5.69 Å². The van der Waals surface area contributed by atoms with Gasteiger partial charge < -0.3 is 4.42 Å². The first-order valence-corrected chi connectivity index (χ1v) is 7.74. The lowest BCUT2D eigenvalue weighted by Crippen LogP contribution is -2.27. The van der Waals surface area contributed by atoms with Crippen molar-refractivity contribution >= 4 is 57.6 Å². The Balaban J connectivity index is 1.95. The SMILES string of the molecule is Cc1ccc(N2C(=O)C(=Cc3ccco3)SC2=S)cc1Cl. The van der Waals surface area contributed by atoms with Gasteiger partial charge in [0, 0.05) is 11.1 Å². The quantitative estimate of drug-likeness (QED) is 0.591. The highest BCUT2D eigenvalue weighted by Crippen LogP contribution is 2.37. The molecule has 6 heteroatoms. The van der Waals surface area contributed by atoms with E-state index < -0.39 is 0 Å². The minimum absolute atomic E-state index is 0.165. The molecule has 0 radical (unpaired) electrons. The molecule has 2 heterocycles. The Hall–Kier alpha value is -1.56. The second-order valence-corrected chi connectivity index (χ2v) is 6.55. The number of amides is 1. The van der Waals surface area contributed by atoms with Crippen LogP contribution in [0.5, 0.6) is 0 Å². The molecule has 0 spiro atoms. The van der Waals surface area contributed by atoms with E-state index in [-0.39, 0.29) is 5.91 Å². The van der Waals surface area contributed by atoms with Crippen LogP contribution in [-0.2, 0) is 4.79 Å². The average Bonchev–Trinajstić information content (AvgIpc) is 3.03. The smallest absolute Gasteiger partial charge is 0.270 e. The number of nitrogens with zero attached hydrogens (tertiary/aromatic N) is 1. The fourth-order valence-corrected chi connectivity index (χ4v) is 3.37. The normalized spacial score (nSPS) is 17.0. The van der Waals surface area contributed by atoms with E-state index in [1.165, 1.54) is 16.7 Å². The number of anilines is 1. The van der Waals surface area contributed by atoms with Gasteiger partial charge in [-0.15, -0.1) is 0 Å². The summed E-state index contributed by atoms with van der Waals surface area (Å²) >= 11 is 12.7. The Morgan fingerprint density at radius 1 is 1.38 bits per heavy atom. The molecule has 3 rings (SSSR count). The average molecular weight is 336 g/mol. The molecule has 0 aliphatic carbocycles. The van der Waals surface area contributed by atoms with E-state index in [4.69, 9.17) is 28.2 Å². The molecular weight excluding hydrogens is 326 g/mol. The van der Waals surface area contributed by atoms with E-state index in [1.54, 1.807) is 30.5 Å². The van der Waals surface area contributed by atoms with Crippen molar-refractivity contribution in [2.75, 3.05) is 4.90 Å². The zero-order valence-electron chi connectivity index (χ0n) is 11.0. The number of aryl methyl sites for hydroxylation is 1. The fourth-order valence-electron chi connectivity index (χ4n) is 1.91. The molecule has 1 amide bonds. The van der Waals surface area contributed by atoms with Crippen molar-refractivity contribution in [2.45, 2.75) is 6.92 Å². The number of carbonyl (C=O) groups is 1. The first-order valence-electron chi connectivity index (χ1n) is 6.14. The zero-order valence-corrected chi connectivity index (χ0v) is 13.4. The van der Waals surface area contributed by atoms with Crippen LogP contribution in [0.2, 0.25) is 5.02 Å². The van der Waals surface area contributed by atoms with Crippen molar-refractivity contribution in [3.63, 3.8) is 0 Å². The molecule has 3 nitrogen and oxygen atoms in total. The largest absolute Gasteiger partial charge is 0.465 e. The molecule has 2 aromatic rings. The van der Waals surface area contributed by atoms with Crippen molar-refractivity contribution in [3.05, 3.63) is 57.8 Å². The van der Waals surface area contributed by atoms with Gasteiger partial charge in [0.2, 0.25) is 0 Å². The van der Waals surface area contributed by atoms with E-state index in [0.29, 0.717) is 25.7 Å². The maximum Gasteiger partial charge on any atom is 0.270 e. The van der Waals surface area contributed by atoms with Crippen LogP contribution in [0.3, 0.4) is 0 Å². The maximum absolute atomic E-state index is 12.5. The molecule has 1 aliphatic heterocycles. The third kappa shape index (κ3) is 2.77. The highest BCUT2D eigenvalue weighted by atomic mass is 35.5. The molecule has 0 unspecified atom stereocenters. The number of carbonyl (C=O) groups excluding carboxylic acids is 1. The number of thioether (sulfide) groups is 1. The summed E-state index contributed by atoms with van der Waals surface area (Å²) in [5.74, 6) is 0.457. The molecule has 1 fully saturated rings. The lowest BCUT2D eigenvalue weighted by atomic mass is 10.2. The van der Waals surface area contributed by atoms with Gasteiger partial charge in [-0.1, -0.05) is 41.6 Å². The number of furan rings is 1. The molecule has 1 saturated heterocycles. The van der Waals surface area contributed by atoms with E-state index >= 15 is 0 Å². The minimum Gasteiger partial charge on any atom is -0.465 e. The van der Waals surface area contributed by atoms with E-state index in [0.717, 1.165) is 5.56 Å². The zero-order chi connectivity index (χ0) is 15.0. The molecule has 106 valence electrons. The number of halogens is 1. The van der Waals surface area contributed by atoms with Crippen molar-refractivity contribution in [1.29, 1.82) is 0 Å². The van der Waals surface area contributed by atoms with Gasteiger partial charge in [0.05, 0.1) is 16.9 Å². The van der Waals surface area contributed by atoms with Gasteiger partial charge in [-0.25, -0.2) is 0 Å². The van der Waals surface area contributed by atoms with Crippen molar-refractivity contribution < 1.29 is 9.21 Å². The highest BCUT2D eigenvalue weighted by Gasteiger charge is 2.33. The maximum atomic E-state index is 12.5. The van der Waals surface area contributed by atoms with Crippen LogP contribution in [-0.4, -0.2) is 10.2 Å². The molecule has 0 N–H and O–H groups in total. The molecule has 0 atom stereocenters. The van der Waals surface area contributed by atoms with Crippen LogP contribution in [0.25, 0.3) is 6.08 Å². The summed E-state index contributed by atoms with van der Waals surface area (Å²) in [5, 5.41) is 0.608. The van der Waals surface area contributed by atoms with E-state index in [1.807, 2.05) is 19.1 Å². The van der Waals surface area contributed by atoms with Gasteiger partial charge in [0.1, 0.15) is 5.76 Å². The van der Waals surface area contributed by atoms with Gasteiger partial charge >= 0.3 is 0 Å². The number of rotatable bonds is 2. The number of hydrogen-bond donors (Lipinski definition) is 0. The van der Waals surface area contributed by atoms with Crippen molar-refractivity contribution in [2.24, 2.45) is 0 Å². The summed E-state index contributed by atoms with van der Waals surface area (Å²) < 4.78 is 5.71. The van der Waals surface area contributed by atoms with Crippen molar-refractivity contribution in [3.8, 4) is 0 Å². The predicted octanol–water partition coefficient (Wildman–Crippen LogP) is 4.65.